The Hall–Kier alpha value is -2.23. The number of carbonyl (C=O) groups excluding carboxylic acids is 1. The summed E-state index contributed by atoms with van der Waals surface area (Å²) in [7, 11) is 0. The van der Waals surface area contributed by atoms with Gasteiger partial charge in [0, 0.05) is 11.1 Å². The first kappa shape index (κ1) is 9.96. The maximum atomic E-state index is 11.3. The lowest BCUT2D eigenvalue weighted by molar-refractivity contribution is 0.0994. The van der Waals surface area contributed by atoms with Gasteiger partial charge in [0.2, 0.25) is 0 Å². The van der Waals surface area contributed by atoms with Crippen LogP contribution in [-0.4, -0.2) is 15.9 Å². The molecule has 0 aliphatic heterocycles. The molecule has 0 fully saturated rings. The summed E-state index contributed by atoms with van der Waals surface area (Å²) in [5.41, 5.74) is 9.74. The molecule has 1 amide bonds. The normalized spacial score (nSPS) is 12.7. The van der Waals surface area contributed by atoms with Crippen LogP contribution in [0.4, 0.5) is 0 Å². The molecule has 1 aliphatic rings. The number of aryl methyl sites for hydroxylation is 1. The molecule has 1 aliphatic carbocycles. The molecule has 0 spiro atoms. The SMILES string of the molecule is NC(=O)c1ncnc2c1CCc1ccccc1-2. The smallest absolute Gasteiger partial charge is 0.267 e. The molecule has 0 bridgehead atoms. The average molecular weight is 225 g/mol. The van der Waals surface area contributed by atoms with E-state index in [9.17, 15) is 4.79 Å². The molecule has 0 radical (unpaired) electrons. The molecular formula is C13H11N3O. The Kier molecular flexibility index (Phi) is 2.14. The van der Waals surface area contributed by atoms with Gasteiger partial charge in [-0.1, -0.05) is 24.3 Å². The zero-order valence-corrected chi connectivity index (χ0v) is 9.18. The van der Waals surface area contributed by atoms with E-state index in [-0.39, 0.29) is 0 Å². The highest BCUT2D eigenvalue weighted by Gasteiger charge is 2.22. The summed E-state index contributed by atoms with van der Waals surface area (Å²) < 4.78 is 0. The molecule has 4 nitrogen and oxygen atoms in total. The fourth-order valence-corrected chi connectivity index (χ4v) is 2.32. The molecule has 0 saturated carbocycles. The predicted octanol–water partition coefficient (Wildman–Crippen LogP) is 1.34. The second-order valence-electron chi connectivity index (χ2n) is 4.07. The van der Waals surface area contributed by atoms with Crippen LogP contribution in [0.1, 0.15) is 21.6 Å². The van der Waals surface area contributed by atoms with Gasteiger partial charge in [0.15, 0.2) is 0 Å². The van der Waals surface area contributed by atoms with Gasteiger partial charge in [0.05, 0.1) is 5.69 Å². The highest BCUT2D eigenvalue weighted by atomic mass is 16.1. The molecule has 0 atom stereocenters. The molecule has 0 unspecified atom stereocenters. The van der Waals surface area contributed by atoms with Crippen LogP contribution in [-0.2, 0) is 12.8 Å². The third-order valence-electron chi connectivity index (χ3n) is 3.10. The van der Waals surface area contributed by atoms with Crippen molar-refractivity contribution in [2.75, 3.05) is 0 Å². The fourth-order valence-electron chi connectivity index (χ4n) is 2.32. The second kappa shape index (κ2) is 3.66. The molecule has 1 aromatic heterocycles. The van der Waals surface area contributed by atoms with Crippen molar-refractivity contribution < 1.29 is 4.79 Å². The topological polar surface area (TPSA) is 68.9 Å². The van der Waals surface area contributed by atoms with Crippen LogP contribution < -0.4 is 5.73 Å². The molecule has 1 heterocycles. The molecule has 3 rings (SSSR count). The third-order valence-corrected chi connectivity index (χ3v) is 3.10. The maximum Gasteiger partial charge on any atom is 0.267 e. The molecule has 2 N–H and O–H groups in total. The van der Waals surface area contributed by atoms with Crippen molar-refractivity contribution in [2.45, 2.75) is 12.8 Å². The summed E-state index contributed by atoms with van der Waals surface area (Å²) >= 11 is 0. The van der Waals surface area contributed by atoms with Crippen molar-refractivity contribution in [2.24, 2.45) is 5.73 Å². The van der Waals surface area contributed by atoms with Crippen LogP contribution in [0, 0.1) is 0 Å². The monoisotopic (exact) mass is 225 g/mol. The number of amides is 1. The van der Waals surface area contributed by atoms with E-state index in [0.717, 1.165) is 29.7 Å². The average Bonchev–Trinajstić information content (AvgIpc) is 2.37. The number of rotatable bonds is 1. The number of nitrogens with zero attached hydrogens (tertiary/aromatic N) is 2. The van der Waals surface area contributed by atoms with Gasteiger partial charge >= 0.3 is 0 Å². The molecule has 84 valence electrons. The van der Waals surface area contributed by atoms with Gasteiger partial charge in [-0.3, -0.25) is 4.79 Å². The highest BCUT2D eigenvalue weighted by molar-refractivity contribution is 5.94. The van der Waals surface area contributed by atoms with E-state index >= 15 is 0 Å². The van der Waals surface area contributed by atoms with Gasteiger partial charge < -0.3 is 5.73 Å². The summed E-state index contributed by atoms with van der Waals surface area (Å²) in [6, 6.07) is 8.09. The lowest BCUT2D eigenvalue weighted by Gasteiger charge is -2.19. The van der Waals surface area contributed by atoms with Crippen LogP contribution in [0.15, 0.2) is 30.6 Å². The first-order valence-corrected chi connectivity index (χ1v) is 5.49. The van der Waals surface area contributed by atoms with Crippen LogP contribution in [0.5, 0.6) is 0 Å². The number of hydrogen-bond acceptors (Lipinski definition) is 3. The minimum atomic E-state index is -0.483. The Balaban J connectivity index is 2.27. The summed E-state index contributed by atoms with van der Waals surface area (Å²) in [6.45, 7) is 0. The minimum Gasteiger partial charge on any atom is -0.364 e. The number of hydrogen-bond donors (Lipinski definition) is 1. The van der Waals surface area contributed by atoms with Crippen molar-refractivity contribution in [3.05, 3.63) is 47.4 Å². The van der Waals surface area contributed by atoms with Crippen molar-refractivity contribution in [3.8, 4) is 11.3 Å². The maximum absolute atomic E-state index is 11.3. The van der Waals surface area contributed by atoms with Crippen molar-refractivity contribution in [3.63, 3.8) is 0 Å². The van der Waals surface area contributed by atoms with Crippen LogP contribution in [0.25, 0.3) is 11.3 Å². The van der Waals surface area contributed by atoms with Crippen molar-refractivity contribution in [1.82, 2.24) is 9.97 Å². The molecule has 17 heavy (non-hydrogen) atoms. The molecule has 0 saturated heterocycles. The van der Waals surface area contributed by atoms with Gasteiger partial charge in [-0.15, -0.1) is 0 Å². The Morgan fingerprint density at radius 2 is 2.00 bits per heavy atom. The van der Waals surface area contributed by atoms with Crippen molar-refractivity contribution >= 4 is 5.91 Å². The van der Waals surface area contributed by atoms with E-state index < -0.39 is 5.91 Å². The van der Waals surface area contributed by atoms with E-state index in [1.165, 1.54) is 11.9 Å². The number of primary amides is 1. The molecule has 1 aromatic carbocycles. The molecule has 2 aromatic rings. The quantitative estimate of drug-likeness (QED) is 0.796. The lowest BCUT2D eigenvalue weighted by Crippen LogP contribution is -2.19. The predicted molar refractivity (Wildman–Crippen MR) is 63.4 cm³/mol. The summed E-state index contributed by atoms with van der Waals surface area (Å²) in [5.74, 6) is -0.483. The fraction of sp³-hybridized carbons (Fsp3) is 0.154. The van der Waals surface area contributed by atoms with E-state index in [1.807, 2.05) is 18.2 Å². The Bertz CT molecular complexity index is 607. The van der Waals surface area contributed by atoms with Gasteiger partial charge in [-0.05, 0) is 18.4 Å². The summed E-state index contributed by atoms with van der Waals surface area (Å²) in [6.07, 6.45) is 3.07. The number of carbonyl (C=O) groups is 1. The van der Waals surface area contributed by atoms with E-state index in [1.54, 1.807) is 0 Å². The Labute approximate surface area is 98.5 Å². The Morgan fingerprint density at radius 3 is 2.82 bits per heavy atom. The zero-order chi connectivity index (χ0) is 11.8. The summed E-state index contributed by atoms with van der Waals surface area (Å²) in [5, 5.41) is 0. The first-order chi connectivity index (χ1) is 8.27. The first-order valence-electron chi connectivity index (χ1n) is 5.49. The largest absolute Gasteiger partial charge is 0.364 e. The third kappa shape index (κ3) is 1.49. The standard InChI is InChI=1S/C13H11N3O/c14-13(17)12-10-6-5-8-3-1-2-4-9(8)11(10)15-7-16-12/h1-4,7H,5-6H2,(H2,14,17). The van der Waals surface area contributed by atoms with Crippen LogP contribution in [0.2, 0.25) is 0 Å². The highest BCUT2D eigenvalue weighted by Crippen LogP contribution is 2.32. The molecule has 4 heteroatoms. The molecular weight excluding hydrogens is 214 g/mol. The van der Waals surface area contributed by atoms with Gasteiger partial charge in [-0.25, -0.2) is 9.97 Å². The number of nitrogens with two attached hydrogens (primary N) is 1. The van der Waals surface area contributed by atoms with Crippen LogP contribution in [0.3, 0.4) is 0 Å². The minimum absolute atomic E-state index is 0.351. The van der Waals surface area contributed by atoms with Gasteiger partial charge in [0.1, 0.15) is 12.0 Å². The number of benzene rings is 1. The van der Waals surface area contributed by atoms with E-state index in [2.05, 4.69) is 16.0 Å². The number of aromatic nitrogens is 2. The number of fused-ring (bicyclic) bond motifs is 3. The lowest BCUT2D eigenvalue weighted by atomic mass is 9.88. The van der Waals surface area contributed by atoms with Crippen molar-refractivity contribution in [1.29, 1.82) is 0 Å². The zero-order valence-electron chi connectivity index (χ0n) is 9.18. The van der Waals surface area contributed by atoms with Crippen LogP contribution >= 0.6 is 0 Å². The van der Waals surface area contributed by atoms with Gasteiger partial charge in [-0.2, -0.15) is 0 Å². The van der Waals surface area contributed by atoms with E-state index in [4.69, 9.17) is 5.73 Å². The van der Waals surface area contributed by atoms with Gasteiger partial charge in [0.25, 0.3) is 5.91 Å². The van der Waals surface area contributed by atoms with E-state index in [0.29, 0.717) is 5.69 Å². The summed E-state index contributed by atoms with van der Waals surface area (Å²) in [4.78, 5) is 19.6. The Morgan fingerprint density at radius 1 is 1.18 bits per heavy atom. The second-order valence-corrected chi connectivity index (χ2v) is 4.07.